The molecule has 0 aromatic carbocycles. The molecule has 4 heteroatoms. The van der Waals surface area contributed by atoms with Crippen LogP contribution in [0.4, 0.5) is 8.78 Å². The molecule has 0 saturated heterocycles. The van der Waals surface area contributed by atoms with Crippen molar-refractivity contribution in [3.8, 4) is 0 Å². The molecule has 1 N–H and O–H groups in total. The molecule has 0 aliphatic heterocycles. The molecule has 0 amide bonds. The molecule has 0 unspecified atom stereocenters. The Morgan fingerprint density at radius 3 is 2.29 bits per heavy atom. The Morgan fingerprint density at radius 2 is 1.86 bits per heavy atom. The van der Waals surface area contributed by atoms with E-state index in [1.807, 2.05) is 0 Å². The molecule has 82 valence electrons. The van der Waals surface area contributed by atoms with Crippen LogP contribution in [0.5, 0.6) is 0 Å². The topological polar surface area (TPSA) is 37.3 Å². The van der Waals surface area contributed by atoms with Crippen LogP contribution in [-0.4, -0.2) is 17.0 Å². The standard InChI is InChI=1S/C10H16F2O2/c1-7-2-4-8(5-3-7)6-10(11,12)9(13)14/h7-8H,2-6H2,1H3,(H,13,14). The van der Waals surface area contributed by atoms with E-state index < -0.39 is 18.3 Å². The predicted octanol–water partition coefficient (Wildman–Crippen LogP) is 2.92. The fourth-order valence-electron chi connectivity index (χ4n) is 1.98. The second kappa shape index (κ2) is 4.24. The van der Waals surface area contributed by atoms with Crippen molar-refractivity contribution in [1.29, 1.82) is 0 Å². The van der Waals surface area contributed by atoms with Gasteiger partial charge in [0.2, 0.25) is 0 Å². The molecule has 0 aromatic rings. The number of hydrogen-bond acceptors (Lipinski definition) is 1. The maximum Gasteiger partial charge on any atom is 0.374 e. The first-order chi connectivity index (χ1) is 6.42. The van der Waals surface area contributed by atoms with E-state index in [-0.39, 0.29) is 5.92 Å². The van der Waals surface area contributed by atoms with Gasteiger partial charge in [0, 0.05) is 6.42 Å². The summed E-state index contributed by atoms with van der Waals surface area (Å²) < 4.78 is 25.7. The van der Waals surface area contributed by atoms with Crippen molar-refractivity contribution >= 4 is 5.97 Å². The zero-order valence-electron chi connectivity index (χ0n) is 8.30. The van der Waals surface area contributed by atoms with Crippen LogP contribution in [0, 0.1) is 11.8 Å². The van der Waals surface area contributed by atoms with E-state index in [0.29, 0.717) is 5.92 Å². The van der Waals surface area contributed by atoms with Gasteiger partial charge in [0.15, 0.2) is 0 Å². The van der Waals surface area contributed by atoms with Gasteiger partial charge in [0.1, 0.15) is 0 Å². The largest absolute Gasteiger partial charge is 0.477 e. The summed E-state index contributed by atoms with van der Waals surface area (Å²) in [6, 6.07) is 0. The van der Waals surface area contributed by atoms with Crippen molar-refractivity contribution in [3.05, 3.63) is 0 Å². The molecular weight excluding hydrogens is 190 g/mol. The fraction of sp³-hybridized carbons (Fsp3) is 0.900. The first-order valence-electron chi connectivity index (χ1n) is 5.03. The Hall–Kier alpha value is -0.670. The lowest BCUT2D eigenvalue weighted by Gasteiger charge is -2.27. The maximum atomic E-state index is 12.8. The third-order valence-corrected chi connectivity index (χ3v) is 2.99. The quantitative estimate of drug-likeness (QED) is 0.770. The molecule has 1 fully saturated rings. The lowest BCUT2D eigenvalue weighted by atomic mass is 9.80. The molecule has 0 spiro atoms. The first kappa shape index (κ1) is 11.4. The Kier molecular flexibility index (Phi) is 3.45. The van der Waals surface area contributed by atoms with Crippen LogP contribution in [-0.2, 0) is 4.79 Å². The Balaban J connectivity index is 2.41. The average Bonchev–Trinajstić information content (AvgIpc) is 2.08. The lowest BCUT2D eigenvalue weighted by Crippen LogP contribution is -2.32. The molecule has 1 rings (SSSR count). The van der Waals surface area contributed by atoms with E-state index in [1.54, 1.807) is 0 Å². The predicted molar refractivity (Wildman–Crippen MR) is 48.3 cm³/mol. The van der Waals surface area contributed by atoms with Gasteiger partial charge in [-0.1, -0.05) is 19.8 Å². The lowest BCUT2D eigenvalue weighted by molar-refractivity contribution is -0.167. The number of hydrogen-bond donors (Lipinski definition) is 1. The Bertz CT molecular complexity index is 208. The molecule has 0 atom stereocenters. The monoisotopic (exact) mass is 206 g/mol. The number of carboxylic acid groups (broad SMARTS) is 1. The number of carboxylic acids is 1. The number of carbonyl (C=O) groups is 1. The smallest absolute Gasteiger partial charge is 0.374 e. The molecule has 2 nitrogen and oxygen atoms in total. The summed E-state index contributed by atoms with van der Waals surface area (Å²) in [6.07, 6.45) is 2.88. The number of rotatable bonds is 3. The molecule has 0 radical (unpaired) electrons. The van der Waals surface area contributed by atoms with Gasteiger partial charge < -0.3 is 5.11 Å². The summed E-state index contributed by atoms with van der Waals surface area (Å²) in [4.78, 5) is 10.2. The van der Waals surface area contributed by atoms with Crippen LogP contribution in [0.1, 0.15) is 39.0 Å². The molecule has 1 aliphatic rings. The van der Waals surface area contributed by atoms with Crippen LogP contribution < -0.4 is 0 Å². The van der Waals surface area contributed by atoms with Gasteiger partial charge in [-0.15, -0.1) is 0 Å². The third-order valence-electron chi connectivity index (χ3n) is 2.99. The van der Waals surface area contributed by atoms with Gasteiger partial charge in [0.05, 0.1) is 0 Å². The zero-order chi connectivity index (χ0) is 10.8. The average molecular weight is 206 g/mol. The molecular formula is C10H16F2O2. The highest BCUT2D eigenvalue weighted by Gasteiger charge is 2.41. The van der Waals surface area contributed by atoms with E-state index in [4.69, 9.17) is 5.11 Å². The second-order valence-corrected chi connectivity index (χ2v) is 4.34. The highest BCUT2D eigenvalue weighted by atomic mass is 19.3. The van der Waals surface area contributed by atoms with Gasteiger partial charge in [-0.3, -0.25) is 0 Å². The molecule has 1 aliphatic carbocycles. The van der Waals surface area contributed by atoms with Crippen molar-refractivity contribution in [1.82, 2.24) is 0 Å². The maximum absolute atomic E-state index is 12.8. The Morgan fingerprint density at radius 1 is 1.36 bits per heavy atom. The van der Waals surface area contributed by atoms with Crippen LogP contribution in [0.3, 0.4) is 0 Å². The van der Waals surface area contributed by atoms with Gasteiger partial charge in [-0.25, -0.2) is 4.79 Å². The minimum Gasteiger partial charge on any atom is -0.477 e. The normalized spacial score (nSPS) is 28.8. The molecule has 14 heavy (non-hydrogen) atoms. The van der Waals surface area contributed by atoms with Crippen molar-refractivity contribution in [2.24, 2.45) is 11.8 Å². The number of halogens is 2. The Labute approximate surface area is 82.3 Å². The fourth-order valence-corrected chi connectivity index (χ4v) is 1.98. The number of alkyl halides is 2. The summed E-state index contributed by atoms with van der Waals surface area (Å²) in [6.45, 7) is 2.10. The van der Waals surface area contributed by atoms with E-state index in [0.717, 1.165) is 25.7 Å². The molecule has 0 heterocycles. The second-order valence-electron chi connectivity index (χ2n) is 4.34. The molecule has 0 bridgehead atoms. The summed E-state index contributed by atoms with van der Waals surface area (Å²) in [5.41, 5.74) is 0. The van der Waals surface area contributed by atoms with E-state index in [9.17, 15) is 13.6 Å². The van der Waals surface area contributed by atoms with Gasteiger partial charge >= 0.3 is 11.9 Å². The van der Waals surface area contributed by atoms with Crippen molar-refractivity contribution in [2.45, 2.75) is 45.0 Å². The summed E-state index contributed by atoms with van der Waals surface area (Å²) >= 11 is 0. The van der Waals surface area contributed by atoms with Gasteiger partial charge in [-0.2, -0.15) is 8.78 Å². The minimum atomic E-state index is -3.54. The van der Waals surface area contributed by atoms with E-state index in [1.165, 1.54) is 0 Å². The SMILES string of the molecule is CC1CCC(CC(F)(F)C(=O)O)CC1. The van der Waals surface area contributed by atoms with Crippen LogP contribution >= 0.6 is 0 Å². The van der Waals surface area contributed by atoms with Crippen molar-refractivity contribution in [2.75, 3.05) is 0 Å². The number of aliphatic carboxylic acids is 1. The van der Waals surface area contributed by atoms with Crippen molar-refractivity contribution in [3.63, 3.8) is 0 Å². The minimum absolute atomic E-state index is 0.114. The first-order valence-corrected chi connectivity index (χ1v) is 5.03. The summed E-state index contributed by atoms with van der Waals surface area (Å²) in [7, 11) is 0. The van der Waals surface area contributed by atoms with Gasteiger partial charge in [-0.05, 0) is 24.7 Å². The highest BCUT2D eigenvalue weighted by molar-refractivity contribution is 5.75. The van der Waals surface area contributed by atoms with Crippen molar-refractivity contribution < 1.29 is 18.7 Å². The summed E-state index contributed by atoms with van der Waals surface area (Å²) in [5.74, 6) is -5.04. The third kappa shape index (κ3) is 2.93. The molecule has 0 aromatic heterocycles. The van der Waals surface area contributed by atoms with Crippen LogP contribution in [0.2, 0.25) is 0 Å². The van der Waals surface area contributed by atoms with E-state index >= 15 is 0 Å². The van der Waals surface area contributed by atoms with E-state index in [2.05, 4.69) is 6.92 Å². The van der Waals surface area contributed by atoms with Crippen LogP contribution in [0.15, 0.2) is 0 Å². The highest BCUT2D eigenvalue weighted by Crippen LogP contribution is 2.35. The zero-order valence-corrected chi connectivity index (χ0v) is 8.30. The summed E-state index contributed by atoms with van der Waals surface area (Å²) in [5, 5.41) is 8.27. The van der Waals surface area contributed by atoms with Crippen LogP contribution in [0.25, 0.3) is 0 Å². The molecule has 1 saturated carbocycles. The van der Waals surface area contributed by atoms with Gasteiger partial charge in [0.25, 0.3) is 0 Å².